The summed E-state index contributed by atoms with van der Waals surface area (Å²) in [6.45, 7) is 2.39. The SMILES string of the molecule is COc1ccc(C2(C)CC(=O)CCO2)c(OC)c1. The van der Waals surface area contributed by atoms with Crippen molar-refractivity contribution in [3.05, 3.63) is 23.8 Å². The highest BCUT2D eigenvalue weighted by molar-refractivity contribution is 5.80. The summed E-state index contributed by atoms with van der Waals surface area (Å²) in [5.74, 6) is 1.63. The molecule has 2 rings (SSSR count). The average Bonchev–Trinajstić information content (AvgIpc) is 2.37. The van der Waals surface area contributed by atoms with E-state index >= 15 is 0 Å². The first kappa shape index (κ1) is 12.9. The first-order valence-electron chi connectivity index (χ1n) is 5.97. The van der Waals surface area contributed by atoms with Gasteiger partial charge in [0.1, 0.15) is 22.9 Å². The summed E-state index contributed by atoms with van der Waals surface area (Å²) in [5, 5.41) is 0. The third-order valence-corrected chi connectivity index (χ3v) is 3.31. The van der Waals surface area contributed by atoms with Crippen LogP contribution >= 0.6 is 0 Å². The van der Waals surface area contributed by atoms with Gasteiger partial charge in [-0.05, 0) is 19.1 Å². The van der Waals surface area contributed by atoms with E-state index in [0.29, 0.717) is 25.2 Å². The maximum atomic E-state index is 11.6. The van der Waals surface area contributed by atoms with Crippen LogP contribution in [0.4, 0.5) is 0 Å². The topological polar surface area (TPSA) is 44.8 Å². The summed E-state index contributed by atoms with van der Waals surface area (Å²) in [5.41, 5.74) is 0.284. The molecule has 0 N–H and O–H groups in total. The fourth-order valence-corrected chi connectivity index (χ4v) is 2.31. The predicted molar refractivity (Wildman–Crippen MR) is 67.1 cm³/mol. The molecular formula is C14H18O4. The molecule has 0 aromatic heterocycles. The third kappa shape index (κ3) is 2.34. The maximum Gasteiger partial charge on any atom is 0.138 e. The molecule has 1 saturated heterocycles. The number of rotatable bonds is 3. The molecule has 0 amide bonds. The summed E-state index contributed by atoms with van der Waals surface area (Å²) >= 11 is 0. The molecule has 1 atom stereocenters. The summed E-state index contributed by atoms with van der Waals surface area (Å²) in [4.78, 5) is 11.6. The van der Waals surface area contributed by atoms with Crippen LogP contribution in [0, 0.1) is 0 Å². The second kappa shape index (κ2) is 4.98. The quantitative estimate of drug-likeness (QED) is 0.825. The lowest BCUT2D eigenvalue weighted by atomic mass is 9.87. The second-order valence-corrected chi connectivity index (χ2v) is 4.61. The van der Waals surface area contributed by atoms with Gasteiger partial charge in [-0.2, -0.15) is 0 Å². The number of methoxy groups -OCH3 is 2. The summed E-state index contributed by atoms with van der Waals surface area (Å²) in [6, 6.07) is 5.56. The number of hydrogen-bond donors (Lipinski definition) is 0. The van der Waals surface area contributed by atoms with Crippen LogP contribution in [0.2, 0.25) is 0 Å². The molecule has 4 heteroatoms. The van der Waals surface area contributed by atoms with E-state index in [9.17, 15) is 4.79 Å². The van der Waals surface area contributed by atoms with Crippen molar-refractivity contribution in [2.24, 2.45) is 0 Å². The van der Waals surface area contributed by atoms with Crippen LogP contribution in [0.25, 0.3) is 0 Å². The van der Waals surface area contributed by atoms with E-state index in [1.165, 1.54) is 0 Å². The summed E-state index contributed by atoms with van der Waals surface area (Å²) in [7, 11) is 3.21. The van der Waals surface area contributed by atoms with Crippen LogP contribution in [-0.4, -0.2) is 26.6 Å². The van der Waals surface area contributed by atoms with E-state index in [1.54, 1.807) is 14.2 Å². The van der Waals surface area contributed by atoms with Crippen molar-refractivity contribution >= 4 is 5.78 Å². The first-order chi connectivity index (χ1) is 8.59. The van der Waals surface area contributed by atoms with E-state index in [1.807, 2.05) is 25.1 Å². The Hall–Kier alpha value is -1.55. The summed E-state index contributed by atoms with van der Waals surface area (Å²) in [6.07, 6.45) is 0.879. The van der Waals surface area contributed by atoms with E-state index in [2.05, 4.69) is 0 Å². The second-order valence-electron chi connectivity index (χ2n) is 4.61. The van der Waals surface area contributed by atoms with Crippen molar-refractivity contribution in [2.45, 2.75) is 25.4 Å². The average molecular weight is 250 g/mol. The highest BCUT2D eigenvalue weighted by Crippen LogP contribution is 2.39. The van der Waals surface area contributed by atoms with Crippen molar-refractivity contribution in [3.8, 4) is 11.5 Å². The van der Waals surface area contributed by atoms with Crippen molar-refractivity contribution in [2.75, 3.05) is 20.8 Å². The molecule has 1 aliphatic rings. The molecule has 1 unspecified atom stereocenters. The Kier molecular flexibility index (Phi) is 3.57. The largest absolute Gasteiger partial charge is 0.497 e. The third-order valence-electron chi connectivity index (χ3n) is 3.31. The number of benzene rings is 1. The van der Waals surface area contributed by atoms with Crippen molar-refractivity contribution in [1.29, 1.82) is 0 Å². The molecule has 4 nitrogen and oxygen atoms in total. The fraction of sp³-hybridized carbons (Fsp3) is 0.500. The van der Waals surface area contributed by atoms with Gasteiger partial charge >= 0.3 is 0 Å². The Morgan fingerprint density at radius 2 is 2.06 bits per heavy atom. The Morgan fingerprint density at radius 1 is 1.28 bits per heavy atom. The zero-order valence-corrected chi connectivity index (χ0v) is 11.0. The predicted octanol–water partition coefficient (Wildman–Crippen LogP) is 2.30. The van der Waals surface area contributed by atoms with E-state index in [-0.39, 0.29) is 5.78 Å². The lowest BCUT2D eigenvalue weighted by Gasteiger charge is -2.34. The normalized spacial score (nSPS) is 23.8. The van der Waals surface area contributed by atoms with Crippen LogP contribution in [-0.2, 0) is 15.1 Å². The highest BCUT2D eigenvalue weighted by Gasteiger charge is 2.36. The minimum absolute atomic E-state index is 0.224. The minimum atomic E-state index is -0.604. The Balaban J connectivity index is 2.39. The van der Waals surface area contributed by atoms with Gasteiger partial charge in [-0.15, -0.1) is 0 Å². The van der Waals surface area contributed by atoms with Gasteiger partial charge in [0.15, 0.2) is 0 Å². The zero-order valence-electron chi connectivity index (χ0n) is 11.0. The lowest BCUT2D eigenvalue weighted by Crippen LogP contribution is -2.35. The number of carbonyl (C=O) groups is 1. The van der Waals surface area contributed by atoms with Gasteiger partial charge in [-0.3, -0.25) is 4.79 Å². The Morgan fingerprint density at radius 3 is 2.67 bits per heavy atom. The minimum Gasteiger partial charge on any atom is -0.497 e. The van der Waals surface area contributed by atoms with E-state index < -0.39 is 5.60 Å². The number of hydrogen-bond acceptors (Lipinski definition) is 4. The van der Waals surface area contributed by atoms with Crippen LogP contribution in [0.15, 0.2) is 18.2 Å². The van der Waals surface area contributed by atoms with Crippen molar-refractivity contribution in [3.63, 3.8) is 0 Å². The van der Waals surface area contributed by atoms with Crippen molar-refractivity contribution in [1.82, 2.24) is 0 Å². The molecule has 1 aromatic rings. The highest BCUT2D eigenvalue weighted by atomic mass is 16.5. The van der Waals surface area contributed by atoms with Gasteiger partial charge in [0.25, 0.3) is 0 Å². The molecule has 0 bridgehead atoms. The molecule has 1 aliphatic heterocycles. The number of ketones is 1. The van der Waals surface area contributed by atoms with E-state index in [0.717, 1.165) is 11.3 Å². The molecule has 1 aromatic carbocycles. The molecule has 0 saturated carbocycles. The molecule has 0 radical (unpaired) electrons. The Bertz CT molecular complexity index is 455. The zero-order chi connectivity index (χ0) is 13.2. The molecule has 18 heavy (non-hydrogen) atoms. The Labute approximate surface area is 107 Å². The molecule has 98 valence electrons. The van der Waals surface area contributed by atoms with Gasteiger partial charge in [-0.1, -0.05) is 0 Å². The van der Waals surface area contributed by atoms with Gasteiger partial charge < -0.3 is 14.2 Å². The van der Waals surface area contributed by atoms with Gasteiger partial charge in [0, 0.05) is 24.5 Å². The van der Waals surface area contributed by atoms with Gasteiger partial charge in [0.2, 0.25) is 0 Å². The summed E-state index contributed by atoms with van der Waals surface area (Å²) < 4.78 is 16.3. The van der Waals surface area contributed by atoms with Crippen molar-refractivity contribution < 1.29 is 19.0 Å². The maximum absolute atomic E-state index is 11.6. The molecule has 0 aliphatic carbocycles. The van der Waals surface area contributed by atoms with E-state index in [4.69, 9.17) is 14.2 Å². The van der Waals surface area contributed by atoms with Crippen LogP contribution < -0.4 is 9.47 Å². The monoisotopic (exact) mass is 250 g/mol. The number of ether oxygens (including phenoxy) is 3. The fourth-order valence-electron chi connectivity index (χ4n) is 2.31. The van der Waals surface area contributed by atoms with Gasteiger partial charge in [-0.25, -0.2) is 0 Å². The number of Topliss-reactive ketones (excluding diaryl/α,β-unsaturated/α-hetero) is 1. The smallest absolute Gasteiger partial charge is 0.138 e. The lowest BCUT2D eigenvalue weighted by molar-refractivity contribution is -0.139. The van der Waals surface area contributed by atoms with Crippen LogP contribution in [0.5, 0.6) is 11.5 Å². The standard InChI is InChI=1S/C14H18O4/c1-14(9-10(15)6-7-18-14)12-5-4-11(16-2)8-13(12)17-3/h4-5,8H,6-7,9H2,1-3H3. The molecular weight excluding hydrogens is 232 g/mol. The first-order valence-corrected chi connectivity index (χ1v) is 5.97. The molecule has 0 spiro atoms. The number of carbonyl (C=O) groups excluding carboxylic acids is 1. The molecule has 1 heterocycles. The van der Waals surface area contributed by atoms with Crippen LogP contribution in [0.3, 0.4) is 0 Å². The molecule has 1 fully saturated rings. The van der Waals surface area contributed by atoms with Gasteiger partial charge in [0.05, 0.1) is 20.8 Å². The van der Waals surface area contributed by atoms with Crippen LogP contribution in [0.1, 0.15) is 25.3 Å².